The molecule has 3 rings (SSSR count). The number of nitrogens with zero attached hydrogens (tertiary/aromatic N) is 1. The minimum Gasteiger partial charge on any atom is -0.391 e. The topological polar surface area (TPSA) is 91.8 Å². The number of carbonyl (C=O) groups excluding carboxylic acids is 4. The fourth-order valence-electron chi connectivity index (χ4n) is 5.02. The van der Waals surface area contributed by atoms with Crippen LogP contribution in [0.1, 0.15) is 139 Å². The third-order valence-corrected chi connectivity index (χ3v) is 7.57. The summed E-state index contributed by atoms with van der Waals surface area (Å²) in [6, 6.07) is -0.419. The van der Waals surface area contributed by atoms with Crippen LogP contribution in [0.2, 0.25) is 0 Å². The zero-order chi connectivity index (χ0) is 29.5. The predicted molar refractivity (Wildman–Crippen MR) is 158 cm³/mol. The molecule has 1 saturated heterocycles. The van der Waals surface area contributed by atoms with Crippen LogP contribution >= 0.6 is 0 Å². The Morgan fingerprint density at radius 2 is 1.42 bits per heavy atom. The quantitative estimate of drug-likeness (QED) is 0.234. The molecule has 0 aromatic carbocycles. The third kappa shape index (κ3) is 16.4. The number of Topliss-reactive ketones (excluding diaryl/α,β-unsaturated/α-hetero) is 2. The number of aliphatic hydroxyl groups is 1. The minimum atomic E-state index is -0.552. The molecule has 2 saturated carbocycles. The monoisotopic (exact) mass is 539 g/mol. The molecule has 38 heavy (non-hydrogen) atoms. The van der Waals surface area contributed by atoms with Crippen LogP contribution in [0.25, 0.3) is 0 Å². The molecule has 6 heteroatoms. The van der Waals surface area contributed by atoms with E-state index >= 15 is 0 Å². The van der Waals surface area contributed by atoms with Crippen molar-refractivity contribution < 1.29 is 24.3 Å². The number of hydrogen-bond acceptors (Lipinski definition) is 5. The highest BCUT2D eigenvalue weighted by atomic mass is 16.3. The van der Waals surface area contributed by atoms with Crippen molar-refractivity contribution in [3.8, 4) is 0 Å². The predicted octanol–water partition coefficient (Wildman–Crippen LogP) is 7.19. The maximum atomic E-state index is 11.4. The van der Waals surface area contributed by atoms with Crippen LogP contribution in [0.3, 0.4) is 0 Å². The summed E-state index contributed by atoms with van der Waals surface area (Å²) in [4.78, 5) is 45.1. The Kier molecular flexibility index (Phi) is 24.9. The second kappa shape index (κ2) is 24.5. The number of rotatable bonds is 10. The van der Waals surface area contributed by atoms with Gasteiger partial charge >= 0.3 is 0 Å². The first-order valence-electron chi connectivity index (χ1n) is 15.6. The van der Waals surface area contributed by atoms with Gasteiger partial charge in [0.05, 0.1) is 12.1 Å². The molecule has 0 spiro atoms. The summed E-state index contributed by atoms with van der Waals surface area (Å²) in [6.45, 7) is 16.1. The molecule has 0 aromatic heterocycles. The first kappa shape index (κ1) is 38.6. The van der Waals surface area contributed by atoms with Gasteiger partial charge in [-0.2, -0.15) is 0 Å². The number of β-amino-alcohol motifs (C(OH)–C–C–N with tert-alkyl or cyclic N) is 1. The summed E-state index contributed by atoms with van der Waals surface area (Å²) in [7, 11) is 0. The molecule has 0 bridgehead atoms. The van der Waals surface area contributed by atoms with Crippen molar-refractivity contribution in [2.45, 2.75) is 151 Å². The smallest absolute Gasteiger partial charge is 0.210 e. The van der Waals surface area contributed by atoms with Crippen molar-refractivity contribution in [1.82, 2.24) is 4.90 Å². The van der Waals surface area contributed by atoms with Crippen molar-refractivity contribution in [1.29, 1.82) is 0 Å². The average Bonchev–Trinajstić information content (AvgIpc) is 3.71. The number of ketones is 2. The standard InChI is InChI=1S/C12H20O2.C9H15NO3.C6H12.C3H8.C2H6/c1-3-9(2)11(12(14)8-13)7-6-10-4-5-10;1-3-7-8(13)4-10(5-11)9(7)6(2)12;1-2-4-6-5-3-1;1-3-2;1-2/h8-11H,3-7H2,1-2H3;5,7-9,13H,3-4H2,1-2H3;1-6H2;3H2,1-2H3;1-2H3/t;7-,8?,9?;;;/m.0.../s1. The van der Waals surface area contributed by atoms with Gasteiger partial charge in [0, 0.05) is 18.4 Å². The first-order chi connectivity index (χ1) is 18.2. The Hall–Kier alpha value is -1.56. The molecular formula is C32H61NO5. The molecule has 3 fully saturated rings. The lowest BCUT2D eigenvalue weighted by Gasteiger charge is -2.21. The highest BCUT2D eigenvalue weighted by Gasteiger charge is 2.41. The van der Waals surface area contributed by atoms with Gasteiger partial charge < -0.3 is 10.0 Å². The van der Waals surface area contributed by atoms with Gasteiger partial charge in [-0.3, -0.25) is 19.2 Å². The summed E-state index contributed by atoms with van der Waals surface area (Å²) >= 11 is 0. The first-order valence-corrected chi connectivity index (χ1v) is 15.6. The zero-order valence-electron chi connectivity index (χ0n) is 26.0. The summed E-state index contributed by atoms with van der Waals surface area (Å²) in [6.07, 6.45) is 17.2. The third-order valence-electron chi connectivity index (χ3n) is 7.57. The summed E-state index contributed by atoms with van der Waals surface area (Å²) in [5, 5.41) is 9.56. The Bertz CT molecular complexity index is 603. The number of aliphatic hydroxyl groups excluding tert-OH is 1. The minimum absolute atomic E-state index is 0.0156. The normalized spacial score (nSPS) is 23.3. The molecule has 1 aliphatic heterocycles. The number of hydrogen-bond donors (Lipinski definition) is 1. The van der Waals surface area contributed by atoms with E-state index in [0.717, 1.165) is 31.6 Å². The van der Waals surface area contributed by atoms with Crippen LogP contribution in [-0.4, -0.2) is 53.0 Å². The summed E-state index contributed by atoms with van der Waals surface area (Å²) < 4.78 is 0. The van der Waals surface area contributed by atoms with E-state index in [9.17, 15) is 24.3 Å². The van der Waals surface area contributed by atoms with E-state index in [1.54, 1.807) is 0 Å². The molecule has 1 amide bonds. The lowest BCUT2D eigenvalue weighted by molar-refractivity contribution is -0.133. The van der Waals surface area contributed by atoms with Crippen molar-refractivity contribution in [2.24, 2.45) is 23.7 Å². The number of likely N-dealkylation sites (tertiary alicyclic amines) is 1. The maximum Gasteiger partial charge on any atom is 0.210 e. The molecule has 0 radical (unpaired) electrons. The molecule has 1 heterocycles. The number of aldehydes is 1. The molecule has 5 atom stereocenters. The van der Waals surface area contributed by atoms with Gasteiger partial charge in [-0.1, -0.05) is 113 Å². The van der Waals surface area contributed by atoms with Crippen molar-refractivity contribution in [3.05, 3.63) is 0 Å². The van der Waals surface area contributed by atoms with E-state index in [0.29, 0.717) is 18.6 Å². The SMILES string of the molecule is C1CCCCC1.CC.CCC.CCC(C)C(CCC1CC1)C(=O)C=O.CC[C@H]1C(O)CN(C=O)C1C(C)=O. The number of amides is 1. The van der Waals surface area contributed by atoms with E-state index in [1.165, 1.54) is 69.6 Å². The second-order valence-electron chi connectivity index (χ2n) is 10.9. The molecule has 4 unspecified atom stereocenters. The number of carbonyl (C=O) groups is 4. The van der Waals surface area contributed by atoms with Crippen LogP contribution in [0.15, 0.2) is 0 Å². The molecule has 1 N–H and O–H groups in total. The van der Waals surface area contributed by atoms with Gasteiger partial charge in [0.2, 0.25) is 6.41 Å². The Balaban J connectivity index is 0. The summed E-state index contributed by atoms with van der Waals surface area (Å²) in [5.74, 6) is 0.851. The average molecular weight is 540 g/mol. The van der Waals surface area contributed by atoms with Crippen molar-refractivity contribution >= 4 is 24.3 Å². The van der Waals surface area contributed by atoms with Gasteiger partial charge in [-0.15, -0.1) is 0 Å². The van der Waals surface area contributed by atoms with E-state index < -0.39 is 12.1 Å². The van der Waals surface area contributed by atoms with E-state index in [-0.39, 0.29) is 29.9 Å². The van der Waals surface area contributed by atoms with Crippen LogP contribution < -0.4 is 0 Å². The lowest BCUT2D eigenvalue weighted by Crippen LogP contribution is -2.37. The van der Waals surface area contributed by atoms with Gasteiger partial charge in [-0.25, -0.2) is 0 Å². The van der Waals surface area contributed by atoms with Crippen LogP contribution in [0.5, 0.6) is 0 Å². The highest BCUT2D eigenvalue weighted by Crippen LogP contribution is 2.36. The molecule has 224 valence electrons. The largest absolute Gasteiger partial charge is 0.391 e. The van der Waals surface area contributed by atoms with Crippen molar-refractivity contribution in [3.63, 3.8) is 0 Å². The fraction of sp³-hybridized carbons (Fsp3) is 0.875. The summed E-state index contributed by atoms with van der Waals surface area (Å²) in [5.41, 5.74) is 0. The van der Waals surface area contributed by atoms with Gasteiger partial charge in [0.15, 0.2) is 17.9 Å². The lowest BCUT2D eigenvalue weighted by atomic mass is 9.84. The van der Waals surface area contributed by atoms with Crippen LogP contribution in [0.4, 0.5) is 0 Å². The van der Waals surface area contributed by atoms with Crippen molar-refractivity contribution in [2.75, 3.05) is 6.54 Å². The van der Waals surface area contributed by atoms with Crippen LogP contribution in [-0.2, 0) is 19.2 Å². The van der Waals surface area contributed by atoms with E-state index in [4.69, 9.17) is 0 Å². The van der Waals surface area contributed by atoms with E-state index in [1.807, 2.05) is 20.8 Å². The molecule has 2 aliphatic carbocycles. The van der Waals surface area contributed by atoms with Gasteiger partial charge in [-0.05, 0) is 38.0 Å². The maximum absolute atomic E-state index is 11.4. The highest BCUT2D eigenvalue weighted by molar-refractivity contribution is 6.26. The Morgan fingerprint density at radius 3 is 1.74 bits per heavy atom. The second-order valence-corrected chi connectivity index (χ2v) is 10.9. The van der Waals surface area contributed by atoms with Crippen LogP contribution in [0, 0.1) is 23.7 Å². The zero-order valence-corrected chi connectivity index (χ0v) is 26.0. The van der Waals surface area contributed by atoms with E-state index in [2.05, 4.69) is 27.7 Å². The van der Waals surface area contributed by atoms with Gasteiger partial charge in [0.25, 0.3) is 0 Å². The Morgan fingerprint density at radius 1 is 0.947 bits per heavy atom. The molecule has 0 aromatic rings. The molecular weight excluding hydrogens is 478 g/mol. The fourth-order valence-corrected chi connectivity index (χ4v) is 5.02. The van der Waals surface area contributed by atoms with Gasteiger partial charge in [0.1, 0.15) is 0 Å². The Labute approximate surface area is 234 Å². The molecule has 6 nitrogen and oxygen atoms in total. The molecule has 3 aliphatic rings.